The van der Waals surface area contributed by atoms with E-state index in [0.29, 0.717) is 0 Å². The molecular formula is C9H10N2O6. The Balaban J connectivity index is 3.46. The highest BCUT2D eigenvalue weighted by atomic mass is 16.6. The highest BCUT2D eigenvalue weighted by molar-refractivity contribution is 5.95. The number of nitrogens with zero attached hydrogens (tertiary/aromatic N) is 2. The Morgan fingerprint density at radius 1 is 1.53 bits per heavy atom. The predicted octanol–water partition coefficient (Wildman–Crippen LogP) is 0.886. The van der Waals surface area contributed by atoms with Gasteiger partial charge in [-0.05, 0) is 13.8 Å². The number of aromatic nitrogens is 1. The molecule has 8 heteroatoms. The largest absolute Gasteiger partial charge is 0.501 e. The van der Waals surface area contributed by atoms with E-state index in [-0.39, 0.29) is 12.3 Å². The molecule has 0 amide bonds. The monoisotopic (exact) mass is 242 g/mol. The topological polar surface area (TPSA) is 123 Å². The molecule has 8 nitrogen and oxygen atoms in total. The van der Waals surface area contributed by atoms with E-state index in [4.69, 9.17) is 0 Å². The van der Waals surface area contributed by atoms with Crippen molar-refractivity contribution < 1.29 is 24.7 Å². The van der Waals surface area contributed by atoms with Gasteiger partial charge < -0.3 is 14.9 Å². The number of pyridine rings is 1. The lowest BCUT2D eigenvalue weighted by Crippen LogP contribution is -2.09. The fourth-order valence-corrected chi connectivity index (χ4v) is 1.28. The number of nitro groups is 1. The Hall–Kier alpha value is -2.38. The third-order valence-corrected chi connectivity index (χ3v) is 1.97. The minimum Gasteiger partial charge on any atom is -0.501 e. The van der Waals surface area contributed by atoms with Crippen LogP contribution in [0.25, 0.3) is 0 Å². The SMILES string of the molecule is CCOC(=O)c1c(C)nc(O)c([N+](=O)[O-])c1O. The van der Waals surface area contributed by atoms with Crippen LogP contribution in [0.1, 0.15) is 23.0 Å². The molecule has 0 aliphatic carbocycles. The summed E-state index contributed by atoms with van der Waals surface area (Å²) in [5.41, 5.74) is -1.49. The lowest BCUT2D eigenvalue weighted by Gasteiger charge is -2.07. The molecule has 1 rings (SSSR count). The first-order chi connectivity index (χ1) is 7.90. The summed E-state index contributed by atoms with van der Waals surface area (Å²) in [6.07, 6.45) is 0. The molecule has 0 saturated heterocycles. The molecule has 0 atom stereocenters. The number of carbonyl (C=O) groups is 1. The van der Waals surface area contributed by atoms with Crippen molar-refractivity contribution in [2.75, 3.05) is 6.61 Å². The molecule has 0 unspecified atom stereocenters. The van der Waals surface area contributed by atoms with Crippen molar-refractivity contribution in [2.24, 2.45) is 0 Å². The Bertz CT molecular complexity index is 485. The van der Waals surface area contributed by atoms with Crippen LogP contribution in [0.2, 0.25) is 0 Å². The molecule has 2 N–H and O–H groups in total. The third-order valence-electron chi connectivity index (χ3n) is 1.97. The van der Waals surface area contributed by atoms with E-state index in [1.807, 2.05) is 0 Å². The number of aromatic hydroxyl groups is 2. The van der Waals surface area contributed by atoms with Crippen LogP contribution in [0.15, 0.2) is 0 Å². The first-order valence-electron chi connectivity index (χ1n) is 4.64. The zero-order chi connectivity index (χ0) is 13.2. The van der Waals surface area contributed by atoms with Gasteiger partial charge in [-0.1, -0.05) is 0 Å². The molecule has 0 saturated carbocycles. The van der Waals surface area contributed by atoms with Gasteiger partial charge in [-0.3, -0.25) is 10.1 Å². The van der Waals surface area contributed by atoms with Gasteiger partial charge in [0.15, 0.2) is 0 Å². The third kappa shape index (κ3) is 2.25. The number of hydrogen-bond acceptors (Lipinski definition) is 7. The second-order valence-electron chi connectivity index (χ2n) is 3.07. The molecule has 0 spiro atoms. The predicted molar refractivity (Wildman–Crippen MR) is 54.9 cm³/mol. The maximum atomic E-state index is 11.4. The molecule has 0 aromatic carbocycles. The Labute approximate surface area is 95.6 Å². The molecule has 1 aromatic rings. The molecular weight excluding hydrogens is 232 g/mol. The fraction of sp³-hybridized carbons (Fsp3) is 0.333. The lowest BCUT2D eigenvalue weighted by molar-refractivity contribution is -0.387. The summed E-state index contributed by atoms with van der Waals surface area (Å²) >= 11 is 0. The van der Waals surface area contributed by atoms with Gasteiger partial charge in [0, 0.05) is 0 Å². The second kappa shape index (κ2) is 4.64. The van der Waals surface area contributed by atoms with Crippen LogP contribution >= 0.6 is 0 Å². The summed E-state index contributed by atoms with van der Waals surface area (Å²) in [6, 6.07) is 0. The van der Waals surface area contributed by atoms with E-state index in [1.165, 1.54) is 6.92 Å². The molecule has 0 fully saturated rings. The molecule has 17 heavy (non-hydrogen) atoms. The number of ether oxygens (including phenoxy) is 1. The zero-order valence-electron chi connectivity index (χ0n) is 9.13. The summed E-state index contributed by atoms with van der Waals surface area (Å²) in [5.74, 6) is -2.82. The second-order valence-corrected chi connectivity index (χ2v) is 3.07. The first kappa shape index (κ1) is 12.7. The number of hydrogen-bond donors (Lipinski definition) is 2. The van der Waals surface area contributed by atoms with Crippen molar-refractivity contribution in [1.82, 2.24) is 4.98 Å². The highest BCUT2D eigenvalue weighted by Gasteiger charge is 2.30. The maximum Gasteiger partial charge on any atom is 0.372 e. The molecule has 1 heterocycles. The van der Waals surface area contributed by atoms with Crippen LogP contribution in [-0.4, -0.2) is 32.7 Å². The molecule has 1 aromatic heterocycles. The smallest absolute Gasteiger partial charge is 0.372 e. The summed E-state index contributed by atoms with van der Waals surface area (Å²) in [5, 5.41) is 29.4. The van der Waals surface area contributed by atoms with Crippen LogP contribution in [-0.2, 0) is 4.74 Å². The Morgan fingerprint density at radius 2 is 2.12 bits per heavy atom. The fourth-order valence-electron chi connectivity index (χ4n) is 1.28. The van der Waals surface area contributed by atoms with Crippen molar-refractivity contribution in [3.8, 4) is 11.6 Å². The van der Waals surface area contributed by atoms with Crippen molar-refractivity contribution in [2.45, 2.75) is 13.8 Å². The maximum absolute atomic E-state index is 11.4. The summed E-state index contributed by atoms with van der Waals surface area (Å²) in [6.45, 7) is 2.91. The van der Waals surface area contributed by atoms with E-state index in [1.54, 1.807) is 6.92 Å². The van der Waals surface area contributed by atoms with Crippen molar-refractivity contribution in [1.29, 1.82) is 0 Å². The van der Waals surface area contributed by atoms with Gasteiger partial charge in [0.05, 0.1) is 17.2 Å². The van der Waals surface area contributed by atoms with Gasteiger partial charge in [0.1, 0.15) is 5.56 Å². The van der Waals surface area contributed by atoms with E-state index >= 15 is 0 Å². The highest BCUT2D eigenvalue weighted by Crippen LogP contribution is 2.37. The van der Waals surface area contributed by atoms with Crippen LogP contribution in [0, 0.1) is 17.0 Å². The van der Waals surface area contributed by atoms with Gasteiger partial charge in [0.25, 0.3) is 5.88 Å². The van der Waals surface area contributed by atoms with Crippen molar-refractivity contribution in [3.05, 3.63) is 21.4 Å². The molecule has 0 aliphatic heterocycles. The van der Waals surface area contributed by atoms with Crippen LogP contribution in [0.3, 0.4) is 0 Å². The molecule has 0 bridgehead atoms. The summed E-state index contributed by atoms with van der Waals surface area (Å²) < 4.78 is 4.62. The normalized spacial score (nSPS) is 10.0. The molecule has 0 aliphatic rings. The Morgan fingerprint density at radius 3 is 2.59 bits per heavy atom. The zero-order valence-corrected chi connectivity index (χ0v) is 9.13. The van der Waals surface area contributed by atoms with E-state index in [2.05, 4.69) is 9.72 Å². The molecule has 92 valence electrons. The average molecular weight is 242 g/mol. The minimum atomic E-state index is -1.03. The van der Waals surface area contributed by atoms with Crippen LogP contribution < -0.4 is 0 Å². The summed E-state index contributed by atoms with van der Waals surface area (Å²) in [7, 11) is 0. The molecule has 0 radical (unpaired) electrons. The van der Waals surface area contributed by atoms with Crippen molar-refractivity contribution >= 4 is 11.7 Å². The summed E-state index contributed by atoms with van der Waals surface area (Å²) in [4.78, 5) is 24.4. The quantitative estimate of drug-likeness (QED) is 0.458. The van der Waals surface area contributed by atoms with E-state index in [9.17, 15) is 25.1 Å². The average Bonchev–Trinajstić information content (AvgIpc) is 2.15. The van der Waals surface area contributed by atoms with E-state index < -0.39 is 33.8 Å². The number of aryl methyl sites for hydroxylation is 1. The Kier molecular flexibility index (Phi) is 3.46. The van der Waals surface area contributed by atoms with Crippen LogP contribution in [0.4, 0.5) is 5.69 Å². The minimum absolute atomic E-state index is 0.0480. The van der Waals surface area contributed by atoms with Crippen molar-refractivity contribution in [3.63, 3.8) is 0 Å². The number of esters is 1. The van der Waals surface area contributed by atoms with Gasteiger partial charge in [-0.25, -0.2) is 9.78 Å². The van der Waals surface area contributed by atoms with Gasteiger partial charge >= 0.3 is 11.7 Å². The van der Waals surface area contributed by atoms with E-state index in [0.717, 1.165) is 0 Å². The van der Waals surface area contributed by atoms with Crippen LogP contribution in [0.5, 0.6) is 11.6 Å². The number of rotatable bonds is 3. The lowest BCUT2D eigenvalue weighted by atomic mass is 10.1. The number of carbonyl (C=O) groups excluding carboxylic acids is 1. The first-order valence-corrected chi connectivity index (χ1v) is 4.64. The van der Waals surface area contributed by atoms with Gasteiger partial charge in [-0.15, -0.1) is 0 Å². The van der Waals surface area contributed by atoms with Gasteiger partial charge in [0.2, 0.25) is 5.75 Å². The van der Waals surface area contributed by atoms with Gasteiger partial charge in [-0.2, -0.15) is 0 Å². The standard InChI is InChI=1S/C9H10N2O6/c1-3-17-9(14)5-4(2)10-8(13)6(7(5)12)11(15)16/h3H2,1-2H3,(H2,10,12,13).